The van der Waals surface area contributed by atoms with Gasteiger partial charge in [-0.2, -0.15) is 4.98 Å². The van der Waals surface area contributed by atoms with Gasteiger partial charge in [0.2, 0.25) is 0 Å². The van der Waals surface area contributed by atoms with Crippen molar-refractivity contribution in [2.75, 3.05) is 0 Å². The van der Waals surface area contributed by atoms with Gasteiger partial charge in [0.05, 0.1) is 5.56 Å². The molecular formula is C15H11BrN2O3. The molecule has 3 rings (SSSR count). The van der Waals surface area contributed by atoms with Crippen LogP contribution in [0.5, 0.6) is 11.5 Å². The molecular weight excluding hydrogens is 336 g/mol. The molecule has 106 valence electrons. The van der Waals surface area contributed by atoms with Crippen LogP contribution in [-0.2, 0) is 6.42 Å². The summed E-state index contributed by atoms with van der Waals surface area (Å²) in [6, 6.07) is 12.4. The second-order valence-corrected chi connectivity index (χ2v) is 5.31. The van der Waals surface area contributed by atoms with Crippen molar-refractivity contribution >= 4 is 15.9 Å². The van der Waals surface area contributed by atoms with E-state index in [1.807, 2.05) is 24.3 Å². The van der Waals surface area contributed by atoms with Crippen LogP contribution >= 0.6 is 15.9 Å². The lowest BCUT2D eigenvalue weighted by Crippen LogP contribution is -1.91. The molecule has 0 bridgehead atoms. The zero-order chi connectivity index (χ0) is 14.8. The van der Waals surface area contributed by atoms with Crippen molar-refractivity contribution in [1.29, 1.82) is 0 Å². The maximum Gasteiger partial charge on any atom is 0.261 e. The first-order chi connectivity index (χ1) is 10.1. The molecule has 0 aliphatic rings. The molecule has 2 N–H and O–H groups in total. The fourth-order valence-corrected chi connectivity index (χ4v) is 2.38. The molecule has 0 saturated heterocycles. The number of hydrogen-bond donors (Lipinski definition) is 2. The van der Waals surface area contributed by atoms with Gasteiger partial charge in [-0.1, -0.05) is 45.4 Å². The summed E-state index contributed by atoms with van der Waals surface area (Å²) < 4.78 is 6.12. The monoisotopic (exact) mass is 346 g/mol. The van der Waals surface area contributed by atoms with E-state index in [1.54, 1.807) is 12.1 Å². The predicted octanol–water partition coefficient (Wildman–Crippen LogP) is 3.50. The smallest absolute Gasteiger partial charge is 0.261 e. The van der Waals surface area contributed by atoms with Gasteiger partial charge in [0.15, 0.2) is 17.3 Å². The number of para-hydroxylation sites is 1. The van der Waals surface area contributed by atoms with E-state index in [1.165, 1.54) is 6.07 Å². The summed E-state index contributed by atoms with van der Waals surface area (Å²) in [6.45, 7) is 0. The largest absolute Gasteiger partial charge is 0.504 e. The summed E-state index contributed by atoms with van der Waals surface area (Å²) in [5.41, 5.74) is 1.34. The van der Waals surface area contributed by atoms with Gasteiger partial charge in [0, 0.05) is 10.9 Å². The first-order valence-corrected chi connectivity index (χ1v) is 7.02. The second kappa shape index (κ2) is 5.57. The topological polar surface area (TPSA) is 79.4 Å². The molecule has 5 nitrogen and oxygen atoms in total. The van der Waals surface area contributed by atoms with Crippen molar-refractivity contribution in [2.45, 2.75) is 6.42 Å². The first kappa shape index (κ1) is 13.6. The summed E-state index contributed by atoms with van der Waals surface area (Å²) in [5.74, 6) is 0.178. The van der Waals surface area contributed by atoms with Gasteiger partial charge in [0.25, 0.3) is 5.89 Å². The quantitative estimate of drug-likeness (QED) is 0.709. The van der Waals surface area contributed by atoms with E-state index in [2.05, 4.69) is 26.1 Å². The molecule has 0 aliphatic carbocycles. The zero-order valence-electron chi connectivity index (χ0n) is 10.8. The van der Waals surface area contributed by atoms with E-state index in [9.17, 15) is 10.2 Å². The number of aromatic hydroxyl groups is 2. The molecule has 1 heterocycles. The first-order valence-electron chi connectivity index (χ1n) is 6.22. The van der Waals surface area contributed by atoms with E-state index in [4.69, 9.17) is 4.52 Å². The van der Waals surface area contributed by atoms with Crippen molar-refractivity contribution in [1.82, 2.24) is 10.1 Å². The Labute approximate surface area is 129 Å². The van der Waals surface area contributed by atoms with Crippen LogP contribution in [0.2, 0.25) is 0 Å². The predicted molar refractivity (Wildman–Crippen MR) is 80.0 cm³/mol. The molecule has 21 heavy (non-hydrogen) atoms. The number of phenols is 2. The van der Waals surface area contributed by atoms with Crippen LogP contribution in [-0.4, -0.2) is 20.4 Å². The third-order valence-corrected chi connectivity index (χ3v) is 3.79. The second-order valence-electron chi connectivity index (χ2n) is 4.46. The lowest BCUT2D eigenvalue weighted by atomic mass is 10.1. The molecule has 0 saturated carbocycles. The maximum atomic E-state index is 9.81. The molecule has 1 aromatic heterocycles. The van der Waals surface area contributed by atoms with E-state index < -0.39 is 0 Å². The molecule has 0 radical (unpaired) electrons. The van der Waals surface area contributed by atoms with Crippen molar-refractivity contribution < 1.29 is 14.7 Å². The number of halogens is 1. The van der Waals surface area contributed by atoms with Crippen molar-refractivity contribution in [3.63, 3.8) is 0 Å². The molecule has 0 amide bonds. The van der Waals surface area contributed by atoms with Crippen LogP contribution in [0.3, 0.4) is 0 Å². The van der Waals surface area contributed by atoms with Gasteiger partial charge in [-0.3, -0.25) is 0 Å². The van der Waals surface area contributed by atoms with Gasteiger partial charge in [-0.25, -0.2) is 0 Å². The van der Waals surface area contributed by atoms with E-state index in [-0.39, 0.29) is 17.4 Å². The number of rotatable bonds is 3. The normalized spacial score (nSPS) is 10.7. The minimum Gasteiger partial charge on any atom is -0.504 e. The highest BCUT2D eigenvalue weighted by molar-refractivity contribution is 9.10. The summed E-state index contributed by atoms with van der Waals surface area (Å²) in [7, 11) is 0. The Kier molecular flexibility index (Phi) is 3.62. The number of benzene rings is 2. The van der Waals surface area contributed by atoms with Gasteiger partial charge in [0.1, 0.15) is 0 Å². The SMILES string of the molecule is Oc1cccc(-c2nc(Cc3ccccc3Br)no2)c1O. The van der Waals surface area contributed by atoms with Crippen molar-refractivity contribution in [2.24, 2.45) is 0 Å². The number of hydrogen-bond acceptors (Lipinski definition) is 5. The molecule has 6 heteroatoms. The van der Waals surface area contributed by atoms with Crippen LogP contribution in [0.15, 0.2) is 51.5 Å². The van der Waals surface area contributed by atoms with Crippen LogP contribution in [0, 0.1) is 0 Å². The molecule has 0 aliphatic heterocycles. The van der Waals surface area contributed by atoms with Gasteiger partial charge >= 0.3 is 0 Å². The molecule has 3 aromatic rings. The van der Waals surface area contributed by atoms with E-state index in [0.717, 1.165) is 10.0 Å². The van der Waals surface area contributed by atoms with E-state index in [0.29, 0.717) is 17.8 Å². The molecule has 0 unspecified atom stereocenters. The highest BCUT2D eigenvalue weighted by Gasteiger charge is 2.15. The summed E-state index contributed by atoms with van der Waals surface area (Å²) >= 11 is 3.47. The Morgan fingerprint density at radius 3 is 2.67 bits per heavy atom. The molecule has 0 fully saturated rings. The lowest BCUT2D eigenvalue weighted by molar-refractivity contribution is 0.396. The summed E-state index contributed by atoms with van der Waals surface area (Å²) in [6.07, 6.45) is 0.504. The van der Waals surface area contributed by atoms with Crippen molar-refractivity contribution in [3.05, 3.63) is 58.3 Å². The van der Waals surface area contributed by atoms with Gasteiger partial charge in [-0.05, 0) is 23.8 Å². The van der Waals surface area contributed by atoms with Crippen LogP contribution in [0.4, 0.5) is 0 Å². The average Bonchev–Trinajstić information content (AvgIpc) is 2.93. The summed E-state index contributed by atoms with van der Waals surface area (Å²) in [5, 5.41) is 23.2. The number of nitrogens with zero attached hydrogens (tertiary/aromatic N) is 2. The Morgan fingerprint density at radius 2 is 1.86 bits per heavy atom. The Balaban J connectivity index is 1.90. The fraction of sp³-hybridized carbons (Fsp3) is 0.0667. The summed E-state index contributed by atoms with van der Waals surface area (Å²) in [4.78, 5) is 4.25. The van der Waals surface area contributed by atoms with Crippen molar-refractivity contribution in [3.8, 4) is 23.0 Å². The maximum absolute atomic E-state index is 9.81. The number of phenolic OH excluding ortho intramolecular Hbond substituents is 2. The highest BCUT2D eigenvalue weighted by Crippen LogP contribution is 2.35. The highest BCUT2D eigenvalue weighted by atomic mass is 79.9. The molecule has 2 aromatic carbocycles. The van der Waals surface area contributed by atoms with Crippen LogP contribution in [0.25, 0.3) is 11.5 Å². The fourth-order valence-electron chi connectivity index (χ4n) is 1.95. The lowest BCUT2D eigenvalue weighted by Gasteiger charge is -2.01. The average molecular weight is 347 g/mol. The van der Waals surface area contributed by atoms with Crippen LogP contribution < -0.4 is 0 Å². The van der Waals surface area contributed by atoms with Crippen LogP contribution in [0.1, 0.15) is 11.4 Å². The van der Waals surface area contributed by atoms with Gasteiger partial charge < -0.3 is 14.7 Å². The standard InChI is InChI=1S/C15H11BrN2O3/c16-11-6-2-1-4-9(11)8-13-17-15(21-18-13)10-5-3-7-12(19)14(10)20/h1-7,19-20H,8H2. The Bertz CT molecular complexity index is 786. The Hall–Kier alpha value is -2.34. The molecule has 0 atom stereocenters. The molecule has 0 spiro atoms. The zero-order valence-corrected chi connectivity index (χ0v) is 12.4. The number of aromatic nitrogens is 2. The van der Waals surface area contributed by atoms with Gasteiger partial charge in [-0.15, -0.1) is 0 Å². The third-order valence-electron chi connectivity index (χ3n) is 3.02. The third kappa shape index (κ3) is 2.75. The minimum absolute atomic E-state index is 0.172. The minimum atomic E-state index is -0.270. The Morgan fingerprint density at radius 1 is 1.05 bits per heavy atom. The van der Waals surface area contributed by atoms with E-state index >= 15 is 0 Å².